The Morgan fingerprint density at radius 1 is 1.22 bits per heavy atom. The number of carbonyl (C=O) groups is 2. The Morgan fingerprint density at radius 2 is 1.72 bits per heavy atom. The minimum atomic E-state index is -1.43. The van der Waals surface area contributed by atoms with Crippen LogP contribution in [0.5, 0.6) is 0 Å². The van der Waals surface area contributed by atoms with Gasteiger partial charge in [0.15, 0.2) is 0 Å². The second-order valence-corrected chi connectivity index (χ2v) is 3.61. The third-order valence-corrected chi connectivity index (χ3v) is 1.87. The molecular formula is C11H16O7. The number of aliphatic hydroxyl groups excluding tert-OH is 3. The van der Waals surface area contributed by atoms with Crippen molar-refractivity contribution in [2.24, 2.45) is 0 Å². The lowest BCUT2D eigenvalue weighted by molar-refractivity contribution is -0.252. The van der Waals surface area contributed by atoms with Gasteiger partial charge in [0.05, 0.1) is 6.61 Å². The van der Waals surface area contributed by atoms with E-state index in [4.69, 9.17) is 10.2 Å². The molecule has 0 heterocycles. The van der Waals surface area contributed by atoms with Gasteiger partial charge in [-0.2, -0.15) is 0 Å². The SMILES string of the molecule is C=C(C)C(=O)OOC(=O)/C(C)=C/C(O)C(O)CO. The molecule has 0 saturated carbocycles. The lowest BCUT2D eigenvalue weighted by Gasteiger charge is -2.12. The Labute approximate surface area is 104 Å². The zero-order chi connectivity index (χ0) is 14.3. The summed E-state index contributed by atoms with van der Waals surface area (Å²) in [6.07, 6.45) is -1.87. The molecule has 0 rings (SSSR count). The van der Waals surface area contributed by atoms with Crippen molar-refractivity contribution in [3.8, 4) is 0 Å². The number of carbonyl (C=O) groups excluding carboxylic acids is 2. The first-order valence-electron chi connectivity index (χ1n) is 5.03. The molecule has 0 aromatic rings. The van der Waals surface area contributed by atoms with Gasteiger partial charge < -0.3 is 15.3 Å². The highest BCUT2D eigenvalue weighted by Crippen LogP contribution is 2.04. The predicted molar refractivity (Wildman–Crippen MR) is 59.9 cm³/mol. The van der Waals surface area contributed by atoms with Crippen LogP contribution in [0.4, 0.5) is 0 Å². The first-order valence-corrected chi connectivity index (χ1v) is 5.03. The minimum absolute atomic E-state index is 0.0557. The molecule has 18 heavy (non-hydrogen) atoms. The van der Waals surface area contributed by atoms with E-state index in [1.54, 1.807) is 0 Å². The summed E-state index contributed by atoms with van der Waals surface area (Å²) in [4.78, 5) is 30.5. The van der Waals surface area contributed by atoms with Gasteiger partial charge in [-0.3, -0.25) is 0 Å². The third kappa shape index (κ3) is 5.58. The Hall–Kier alpha value is -1.70. The molecule has 7 nitrogen and oxygen atoms in total. The van der Waals surface area contributed by atoms with E-state index >= 15 is 0 Å². The lowest BCUT2D eigenvalue weighted by Crippen LogP contribution is -2.28. The number of rotatable bonds is 5. The normalized spacial score (nSPS) is 14.6. The molecule has 0 aromatic heterocycles. The second-order valence-electron chi connectivity index (χ2n) is 3.61. The molecule has 0 bridgehead atoms. The highest BCUT2D eigenvalue weighted by Gasteiger charge is 2.17. The maximum atomic E-state index is 11.3. The maximum absolute atomic E-state index is 11.3. The Bertz CT molecular complexity index is 358. The van der Waals surface area contributed by atoms with Crippen LogP contribution in [-0.2, 0) is 19.4 Å². The molecule has 3 N–H and O–H groups in total. The summed E-state index contributed by atoms with van der Waals surface area (Å²) in [7, 11) is 0. The van der Waals surface area contributed by atoms with Gasteiger partial charge in [0, 0.05) is 11.1 Å². The second kappa shape index (κ2) is 7.59. The highest BCUT2D eigenvalue weighted by molar-refractivity contribution is 5.90. The summed E-state index contributed by atoms with van der Waals surface area (Å²) in [6.45, 7) is 5.27. The minimum Gasteiger partial charge on any atom is -0.394 e. The maximum Gasteiger partial charge on any atom is 0.381 e. The fraction of sp³-hybridized carbons (Fsp3) is 0.455. The summed E-state index contributed by atoms with van der Waals surface area (Å²) in [5.74, 6) is -1.90. The van der Waals surface area contributed by atoms with Crippen molar-refractivity contribution in [1.82, 2.24) is 0 Å². The van der Waals surface area contributed by atoms with Crippen LogP contribution in [0.15, 0.2) is 23.8 Å². The van der Waals surface area contributed by atoms with Crippen LogP contribution >= 0.6 is 0 Å². The van der Waals surface area contributed by atoms with Crippen LogP contribution in [0.3, 0.4) is 0 Å². The zero-order valence-electron chi connectivity index (χ0n) is 10.1. The van der Waals surface area contributed by atoms with Crippen LogP contribution in [0.1, 0.15) is 13.8 Å². The summed E-state index contributed by atoms with van der Waals surface area (Å²) in [5.41, 5.74) is -0.0373. The van der Waals surface area contributed by atoms with Crippen molar-refractivity contribution >= 4 is 11.9 Å². The first kappa shape index (κ1) is 16.3. The Balaban J connectivity index is 4.38. The average Bonchev–Trinajstić information content (AvgIpc) is 2.33. The molecule has 0 amide bonds. The monoisotopic (exact) mass is 260 g/mol. The van der Waals surface area contributed by atoms with E-state index in [0.717, 1.165) is 6.08 Å². The van der Waals surface area contributed by atoms with Crippen molar-refractivity contribution in [3.05, 3.63) is 23.8 Å². The molecule has 102 valence electrons. The van der Waals surface area contributed by atoms with Crippen molar-refractivity contribution in [1.29, 1.82) is 0 Å². The first-order chi connectivity index (χ1) is 8.29. The largest absolute Gasteiger partial charge is 0.394 e. The molecule has 0 aliphatic rings. The van der Waals surface area contributed by atoms with Crippen molar-refractivity contribution in [2.75, 3.05) is 6.61 Å². The summed E-state index contributed by atoms with van der Waals surface area (Å²) in [5, 5.41) is 26.9. The summed E-state index contributed by atoms with van der Waals surface area (Å²) in [6, 6.07) is 0. The van der Waals surface area contributed by atoms with Crippen LogP contribution in [-0.4, -0.2) is 46.1 Å². The Kier molecular flexibility index (Phi) is 6.88. The smallest absolute Gasteiger partial charge is 0.381 e. The summed E-state index contributed by atoms with van der Waals surface area (Å²) >= 11 is 0. The molecule has 0 radical (unpaired) electrons. The van der Waals surface area contributed by atoms with Gasteiger partial charge in [-0.15, -0.1) is 0 Å². The molecule has 2 unspecified atom stereocenters. The molecular weight excluding hydrogens is 244 g/mol. The van der Waals surface area contributed by atoms with Gasteiger partial charge in [0.2, 0.25) is 0 Å². The predicted octanol–water partition coefficient (Wildman–Crippen LogP) is -0.776. The molecule has 0 fully saturated rings. The number of hydrogen-bond donors (Lipinski definition) is 3. The van der Waals surface area contributed by atoms with Crippen LogP contribution in [0, 0.1) is 0 Å². The van der Waals surface area contributed by atoms with Gasteiger partial charge in [0.25, 0.3) is 0 Å². The molecule has 2 atom stereocenters. The van der Waals surface area contributed by atoms with Gasteiger partial charge >= 0.3 is 11.9 Å². The van der Waals surface area contributed by atoms with Gasteiger partial charge in [-0.1, -0.05) is 6.58 Å². The topological polar surface area (TPSA) is 113 Å². The molecule has 0 saturated heterocycles. The van der Waals surface area contributed by atoms with E-state index in [1.807, 2.05) is 0 Å². The van der Waals surface area contributed by atoms with E-state index in [1.165, 1.54) is 13.8 Å². The average molecular weight is 260 g/mol. The quantitative estimate of drug-likeness (QED) is 0.337. The van der Waals surface area contributed by atoms with Crippen LogP contribution in [0.2, 0.25) is 0 Å². The standard InChI is InChI=1S/C11H16O7/c1-6(2)10(15)17-18-11(16)7(3)4-8(13)9(14)5-12/h4,8-9,12-14H,1,5H2,2-3H3/b7-4+. The van der Waals surface area contributed by atoms with E-state index in [2.05, 4.69) is 16.4 Å². The van der Waals surface area contributed by atoms with E-state index in [-0.39, 0.29) is 11.1 Å². The third-order valence-electron chi connectivity index (χ3n) is 1.87. The fourth-order valence-corrected chi connectivity index (χ4v) is 0.756. The molecule has 0 aliphatic carbocycles. The van der Waals surface area contributed by atoms with Crippen molar-refractivity contribution < 1.29 is 34.7 Å². The molecule has 7 heteroatoms. The zero-order valence-corrected chi connectivity index (χ0v) is 10.1. The molecule has 0 aromatic carbocycles. The van der Waals surface area contributed by atoms with Crippen LogP contribution in [0.25, 0.3) is 0 Å². The number of hydrogen-bond acceptors (Lipinski definition) is 7. The van der Waals surface area contributed by atoms with Gasteiger partial charge in [-0.25, -0.2) is 19.4 Å². The highest BCUT2D eigenvalue weighted by atomic mass is 17.2. The number of aliphatic hydroxyl groups is 3. The van der Waals surface area contributed by atoms with Crippen LogP contribution < -0.4 is 0 Å². The van der Waals surface area contributed by atoms with E-state index in [9.17, 15) is 14.7 Å². The van der Waals surface area contributed by atoms with Crippen molar-refractivity contribution in [2.45, 2.75) is 26.1 Å². The van der Waals surface area contributed by atoms with Gasteiger partial charge in [0.1, 0.15) is 12.2 Å². The Morgan fingerprint density at radius 3 is 2.17 bits per heavy atom. The fourth-order valence-electron chi connectivity index (χ4n) is 0.756. The van der Waals surface area contributed by atoms with E-state index in [0.29, 0.717) is 0 Å². The molecule has 0 spiro atoms. The summed E-state index contributed by atoms with van der Waals surface area (Å²) < 4.78 is 0. The van der Waals surface area contributed by atoms with E-state index < -0.39 is 30.8 Å². The van der Waals surface area contributed by atoms with Gasteiger partial charge in [-0.05, 0) is 19.9 Å². The lowest BCUT2D eigenvalue weighted by atomic mass is 10.1. The van der Waals surface area contributed by atoms with Crippen molar-refractivity contribution in [3.63, 3.8) is 0 Å². The molecule has 0 aliphatic heterocycles.